The van der Waals surface area contributed by atoms with Crippen LogP contribution in [0.4, 0.5) is 0 Å². The molecule has 1 aromatic rings. The maximum atomic E-state index is 14.2. The van der Waals surface area contributed by atoms with Crippen LogP contribution in [0.5, 0.6) is 0 Å². The lowest BCUT2D eigenvalue weighted by molar-refractivity contribution is -0.417. The van der Waals surface area contributed by atoms with Gasteiger partial charge in [0, 0.05) is 18.8 Å². The molecule has 6 heterocycles. The van der Waals surface area contributed by atoms with Gasteiger partial charge in [-0.05, 0) is 65.0 Å². The number of benzene rings is 1. The fraction of sp³-hybridized carbons (Fsp3) is 0.812. The van der Waals surface area contributed by atoms with Crippen molar-refractivity contribution in [3.63, 3.8) is 0 Å². The predicted octanol–water partition coefficient (Wildman–Crippen LogP) is 3.92. The Morgan fingerprint density at radius 1 is 0.562 bits per heavy atom. The van der Waals surface area contributed by atoms with Crippen LogP contribution in [0.1, 0.15) is 164 Å². The highest BCUT2D eigenvalue weighted by Gasteiger charge is 2.59. The monoisotopic (exact) mass is 1270 g/mol. The SMILES string of the molecule is CCCCC[C@H]1CCCCCCCCCC(=O)O[C@H]2[C@@H](O)[C@H](O[C@H]3[C@H](O1)O[C@H](C)[C@H](O)[C@@H]3O)O[C@@H](C)[C@@H]2O[C@@H]1O[C@@H](O)[C@H](O[C@@H]2O[C@@H](C)[C@H](OC(=O)C(C)C)[C@@H](CC(=O)/C=C/c3ccccc3)[C@H]2O)[C@@H](O[C@@H]2O[C@@H](C)[C@H](O)[C@@H](O)[C@H]2O)[C@H]1OC(=O)[C@@H](C)CC. The number of esters is 3. The maximum Gasteiger partial charge on any atom is 0.309 e. The smallest absolute Gasteiger partial charge is 0.309 e. The normalized spacial score (nSPS) is 41.0. The molecule has 0 amide bonds. The molecule has 0 aliphatic carbocycles. The van der Waals surface area contributed by atoms with E-state index in [1.54, 1.807) is 65.0 Å². The van der Waals surface area contributed by atoms with Gasteiger partial charge in [0.25, 0.3) is 0 Å². The first-order chi connectivity index (χ1) is 42.4. The number of ether oxygens (including phenoxy) is 13. The fourth-order valence-corrected chi connectivity index (χ4v) is 12.0. The summed E-state index contributed by atoms with van der Waals surface area (Å²) in [7, 11) is 0. The van der Waals surface area contributed by atoms with E-state index in [9.17, 15) is 60.0 Å². The molecule has 25 heteroatoms. The number of hydrogen-bond acceptors (Lipinski definition) is 25. The van der Waals surface area contributed by atoms with Crippen molar-refractivity contribution >= 4 is 29.8 Å². The fourth-order valence-electron chi connectivity index (χ4n) is 12.0. The Morgan fingerprint density at radius 2 is 1.16 bits per heavy atom. The summed E-state index contributed by atoms with van der Waals surface area (Å²) in [4.78, 5) is 55.2. The summed E-state index contributed by atoms with van der Waals surface area (Å²) in [6, 6.07) is 8.97. The number of rotatable bonds is 19. The number of aliphatic hydroxyl groups is 8. The van der Waals surface area contributed by atoms with E-state index in [2.05, 4.69) is 6.92 Å². The van der Waals surface area contributed by atoms with Gasteiger partial charge in [-0.1, -0.05) is 129 Å². The highest BCUT2D eigenvalue weighted by atomic mass is 16.8. The molecule has 7 rings (SSSR count). The molecule has 25 nitrogen and oxygen atoms in total. The van der Waals surface area contributed by atoms with E-state index in [0.717, 1.165) is 51.4 Å². The first kappa shape index (κ1) is 72.7. The molecular formula is C64H100O25. The minimum Gasteiger partial charge on any atom is -0.459 e. The van der Waals surface area contributed by atoms with Crippen LogP contribution in [0.15, 0.2) is 36.4 Å². The van der Waals surface area contributed by atoms with Crippen molar-refractivity contribution in [1.29, 1.82) is 0 Å². The minimum absolute atomic E-state index is 0.0786. The molecule has 0 spiro atoms. The van der Waals surface area contributed by atoms with Crippen molar-refractivity contribution < 1.29 is 122 Å². The van der Waals surface area contributed by atoms with Gasteiger partial charge in [0.05, 0.1) is 42.4 Å². The number of unbranched alkanes of at least 4 members (excludes halogenated alkanes) is 2. The summed E-state index contributed by atoms with van der Waals surface area (Å²) in [5.41, 5.74) is 0.711. The molecule has 27 atom stereocenters. The molecule has 6 fully saturated rings. The lowest BCUT2D eigenvalue weighted by Gasteiger charge is -2.51. The largest absolute Gasteiger partial charge is 0.459 e. The second-order valence-electron chi connectivity index (χ2n) is 25.1. The molecule has 0 saturated carbocycles. The Kier molecular flexibility index (Phi) is 28.2. The van der Waals surface area contributed by atoms with E-state index in [-0.39, 0.29) is 18.9 Å². The van der Waals surface area contributed by atoms with Crippen LogP contribution in [0.3, 0.4) is 0 Å². The standard InChI is InChI=1S/C64H100O25/c1-10-12-19-26-40-27-22-16-14-13-15-17-23-28-42(66)82-52-49(73)62(86-53-47(71)44(68)35(7)78-63(53)81-40)80-37(9)51(52)85-64-56(84-58(75)33(5)11-2)54(87-61-48(72)46(70)43(67)34(6)77-61)55(59(76)89-64)88-60-45(69)41(50(36(8)79-60)83-57(74)32(3)4)31-39(65)30-29-38-24-20-18-21-25-38/h18,20-21,24-25,29-30,32-37,40-41,43-56,59-64,67-73,76H,10-17,19,22-23,26-28,31H2,1-9H3/b30-29+/t33-,34-,35+,36-,37-,40-,41-,43-,44-,45+,46+,47-,48+,49+,50-,51-,52-,53+,54+,55+,56+,59+,60-,61-,62-,63-,64+/m0/s1. The molecule has 6 aliphatic rings. The van der Waals surface area contributed by atoms with Gasteiger partial charge in [0.2, 0.25) is 6.29 Å². The second kappa shape index (κ2) is 34.5. The molecule has 2 bridgehead atoms. The van der Waals surface area contributed by atoms with Crippen LogP contribution >= 0.6 is 0 Å². The zero-order valence-corrected chi connectivity index (χ0v) is 52.8. The lowest BCUT2D eigenvalue weighted by atomic mass is 9.84. The first-order valence-corrected chi connectivity index (χ1v) is 32.3. The molecule has 89 heavy (non-hydrogen) atoms. The molecule has 8 N–H and O–H groups in total. The third kappa shape index (κ3) is 19.2. The van der Waals surface area contributed by atoms with Crippen molar-refractivity contribution in [2.24, 2.45) is 17.8 Å². The van der Waals surface area contributed by atoms with Gasteiger partial charge in [0.1, 0.15) is 73.2 Å². The highest BCUT2D eigenvalue weighted by Crippen LogP contribution is 2.40. The van der Waals surface area contributed by atoms with Crippen molar-refractivity contribution in [2.75, 3.05) is 0 Å². The number of hydrogen-bond donors (Lipinski definition) is 8. The number of carbonyl (C=O) groups excluding carboxylic acids is 4. The zero-order chi connectivity index (χ0) is 64.8. The van der Waals surface area contributed by atoms with Crippen LogP contribution in [-0.2, 0) is 80.8 Å². The molecule has 6 aliphatic heterocycles. The molecule has 0 aromatic heterocycles. The van der Waals surface area contributed by atoms with Gasteiger partial charge in [-0.3, -0.25) is 19.2 Å². The van der Waals surface area contributed by atoms with E-state index in [1.807, 2.05) is 6.07 Å². The van der Waals surface area contributed by atoms with Gasteiger partial charge in [-0.25, -0.2) is 0 Å². The number of allylic oxidation sites excluding steroid dienone is 1. The van der Waals surface area contributed by atoms with Crippen molar-refractivity contribution in [1.82, 2.24) is 0 Å². The molecule has 0 radical (unpaired) electrons. The summed E-state index contributed by atoms with van der Waals surface area (Å²) >= 11 is 0. The predicted molar refractivity (Wildman–Crippen MR) is 313 cm³/mol. The zero-order valence-electron chi connectivity index (χ0n) is 52.8. The third-order valence-electron chi connectivity index (χ3n) is 17.7. The second-order valence-corrected chi connectivity index (χ2v) is 25.1. The van der Waals surface area contributed by atoms with Gasteiger partial charge >= 0.3 is 17.9 Å². The number of fused-ring (bicyclic) bond motifs is 3. The quantitative estimate of drug-likeness (QED) is 0.0421. The Hall–Kier alpha value is -3.68. The van der Waals surface area contributed by atoms with Crippen molar-refractivity contribution in [3.8, 4) is 0 Å². The minimum atomic E-state index is -2.25. The van der Waals surface area contributed by atoms with Gasteiger partial charge in [-0.15, -0.1) is 0 Å². The first-order valence-electron chi connectivity index (χ1n) is 32.3. The van der Waals surface area contributed by atoms with Crippen molar-refractivity contribution in [2.45, 2.75) is 312 Å². The van der Waals surface area contributed by atoms with Gasteiger partial charge < -0.3 is 102 Å². The topological polar surface area (TPSA) is 350 Å². The number of carbonyl (C=O) groups is 4. The van der Waals surface area contributed by atoms with E-state index in [0.29, 0.717) is 31.2 Å². The highest BCUT2D eigenvalue weighted by molar-refractivity contribution is 5.93. The Morgan fingerprint density at radius 3 is 1.84 bits per heavy atom. The molecular weight excluding hydrogens is 1170 g/mol. The maximum absolute atomic E-state index is 14.2. The molecule has 506 valence electrons. The van der Waals surface area contributed by atoms with E-state index < -0.39 is 195 Å². The Bertz CT molecular complexity index is 2360. The van der Waals surface area contributed by atoms with Crippen LogP contribution in [0.2, 0.25) is 0 Å². The van der Waals surface area contributed by atoms with Crippen molar-refractivity contribution in [3.05, 3.63) is 42.0 Å². The number of aliphatic hydroxyl groups excluding tert-OH is 8. The lowest BCUT2D eigenvalue weighted by Crippen LogP contribution is -2.68. The van der Waals surface area contributed by atoms with Crippen LogP contribution in [0.25, 0.3) is 6.08 Å². The average Bonchev–Trinajstić information content (AvgIpc) is 3.62. The summed E-state index contributed by atoms with van der Waals surface area (Å²) in [6.07, 6.45) is -27.4. The summed E-state index contributed by atoms with van der Waals surface area (Å²) in [6.45, 7) is 14.6. The average molecular weight is 1270 g/mol. The molecule has 0 unspecified atom stereocenters. The van der Waals surface area contributed by atoms with Crippen LogP contribution in [0, 0.1) is 17.8 Å². The van der Waals surface area contributed by atoms with Gasteiger partial charge in [-0.2, -0.15) is 0 Å². The molecule has 1 aromatic carbocycles. The van der Waals surface area contributed by atoms with Gasteiger partial charge in [0.15, 0.2) is 49.4 Å². The summed E-state index contributed by atoms with van der Waals surface area (Å²) in [5, 5.41) is 93.3. The Labute approximate surface area is 521 Å². The summed E-state index contributed by atoms with van der Waals surface area (Å²) in [5.74, 6) is -5.41. The van der Waals surface area contributed by atoms with E-state index in [1.165, 1.54) is 26.8 Å². The Balaban J connectivity index is 1.25. The molecule has 6 saturated heterocycles. The van der Waals surface area contributed by atoms with E-state index in [4.69, 9.17) is 61.6 Å². The van der Waals surface area contributed by atoms with E-state index >= 15 is 0 Å². The van der Waals surface area contributed by atoms with Crippen LogP contribution < -0.4 is 0 Å². The third-order valence-corrected chi connectivity index (χ3v) is 17.7. The van der Waals surface area contributed by atoms with Crippen LogP contribution in [-0.4, -0.2) is 218 Å². The number of ketones is 1. The summed E-state index contributed by atoms with van der Waals surface area (Å²) < 4.78 is 81.7.